The molecular weight excluding hydrogens is 414 g/mol. The molecule has 0 spiro atoms. The van der Waals surface area contributed by atoms with Crippen molar-refractivity contribution in [1.29, 1.82) is 0 Å². The van der Waals surface area contributed by atoms with Gasteiger partial charge in [-0.1, -0.05) is 12.1 Å². The van der Waals surface area contributed by atoms with Gasteiger partial charge in [0.1, 0.15) is 18.0 Å². The van der Waals surface area contributed by atoms with Crippen LogP contribution in [0.5, 0.6) is 11.5 Å². The number of benzene rings is 2. The molecule has 0 fully saturated rings. The first-order valence-corrected chi connectivity index (χ1v) is 10.9. The molecule has 1 N–H and O–H groups in total. The van der Waals surface area contributed by atoms with Crippen molar-refractivity contribution in [2.75, 3.05) is 23.4 Å². The van der Waals surface area contributed by atoms with Crippen molar-refractivity contribution >= 4 is 34.5 Å². The molecule has 1 aromatic heterocycles. The smallest absolute Gasteiger partial charge is 0.268 e. The molecule has 0 radical (unpaired) electrons. The van der Waals surface area contributed by atoms with Gasteiger partial charge in [-0.15, -0.1) is 11.3 Å². The number of carbonyl (C=O) groups is 2. The summed E-state index contributed by atoms with van der Waals surface area (Å²) in [7, 11) is 0. The number of thiazole rings is 1. The minimum Gasteiger partial charge on any atom is -0.492 e. The van der Waals surface area contributed by atoms with Crippen LogP contribution in [0.2, 0.25) is 0 Å². The zero-order valence-corrected chi connectivity index (χ0v) is 18.4. The van der Waals surface area contributed by atoms with E-state index < -0.39 is 6.10 Å². The van der Waals surface area contributed by atoms with E-state index in [4.69, 9.17) is 9.47 Å². The van der Waals surface area contributed by atoms with E-state index in [2.05, 4.69) is 10.3 Å². The van der Waals surface area contributed by atoms with Gasteiger partial charge < -0.3 is 14.8 Å². The second-order valence-corrected chi connectivity index (χ2v) is 8.16. The van der Waals surface area contributed by atoms with Crippen LogP contribution in [0.25, 0.3) is 11.3 Å². The summed E-state index contributed by atoms with van der Waals surface area (Å²) in [6.07, 6.45) is -0.677. The lowest BCUT2D eigenvalue weighted by atomic mass is 10.1. The van der Waals surface area contributed by atoms with Crippen molar-refractivity contribution in [2.24, 2.45) is 0 Å². The number of amides is 2. The standard InChI is InChI=1S/C23H23N3O4S/c1-4-29-20-8-6-5-7-17(20)25-22(27)12-26-19-11-16(18-13-31-15(3)24-18)9-10-21(19)30-14(2)23(26)28/h5-11,13-14H,4,12H2,1-3H3,(H,25,27). The summed E-state index contributed by atoms with van der Waals surface area (Å²) in [5, 5.41) is 5.77. The summed E-state index contributed by atoms with van der Waals surface area (Å²) in [5.41, 5.74) is 2.81. The summed E-state index contributed by atoms with van der Waals surface area (Å²) in [4.78, 5) is 31.7. The fourth-order valence-electron chi connectivity index (χ4n) is 3.41. The third-order valence-corrected chi connectivity index (χ3v) is 5.62. The average Bonchev–Trinajstić information content (AvgIpc) is 3.19. The van der Waals surface area contributed by atoms with E-state index in [-0.39, 0.29) is 18.4 Å². The van der Waals surface area contributed by atoms with Gasteiger partial charge in [-0.25, -0.2) is 4.98 Å². The van der Waals surface area contributed by atoms with Crippen LogP contribution in [0.1, 0.15) is 18.9 Å². The van der Waals surface area contributed by atoms with Gasteiger partial charge in [0.15, 0.2) is 6.10 Å². The Bertz CT molecular complexity index is 1130. The second-order valence-electron chi connectivity index (χ2n) is 7.10. The molecule has 0 aliphatic carbocycles. The fraction of sp³-hybridized carbons (Fsp3) is 0.261. The summed E-state index contributed by atoms with van der Waals surface area (Å²) in [6, 6.07) is 12.8. The molecule has 3 aromatic rings. The number of hydrogen-bond donors (Lipinski definition) is 1. The Morgan fingerprint density at radius 2 is 2.10 bits per heavy atom. The van der Waals surface area contributed by atoms with E-state index in [1.807, 2.05) is 49.6 Å². The molecule has 0 saturated carbocycles. The van der Waals surface area contributed by atoms with Crippen LogP contribution in [0.4, 0.5) is 11.4 Å². The normalized spacial score (nSPS) is 15.3. The molecule has 7 nitrogen and oxygen atoms in total. The van der Waals surface area contributed by atoms with E-state index in [0.29, 0.717) is 29.5 Å². The van der Waals surface area contributed by atoms with Gasteiger partial charge in [-0.3, -0.25) is 14.5 Å². The quantitative estimate of drug-likeness (QED) is 0.623. The van der Waals surface area contributed by atoms with Crippen LogP contribution in [0, 0.1) is 6.92 Å². The number of fused-ring (bicyclic) bond motifs is 1. The number of nitrogens with one attached hydrogen (secondary N) is 1. The van der Waals surface area contributed by atoms with Gasteiger partial charge in [-0.2, -0.15) is 0 Å². The third-order valence-electron chi connectivity index (χ3n) is 4.84. The van der Waals surface area contributed by atoms with Gasteiger partial charge >= 0.3 is 0 Å². The van der Waals surface area contributed by atoms with E-state index in [1.165, 1.54) is 4.90 Å². The SMILES string of the molecule is CCOc1ccccc1NC(=O)CN1C(=O)C(C)Oc2ccc(-c3csc(C)n3)cc21. The number of ether oxygens (including phenoxy) is 2. The van der Waals surface area contributed by atoms with Crippen LogP contribution in [-0.4, -0.2) is 36.1 Å². The predicted molar refractivity (Wildman–Crippen MR) is 121 cm³/mol. The summed E-state index contributed by atoms with van der Waals surface area (Å²) in [6.45, 7) is 5.85. The number of para-hydroxylation sites is 2. The predicted octanol–water partition coefficient (Wildman–Crippen LogP) is 4.27. The molecule has 4 rings (SSSR count). The summed E-state index contributed by atoms with van der Waals surface area (Å²) >= 11 is 1.56. The number of aryl methyl sites for hydroxylation is 1. The van der Waals surface area contributed by atoms with Gasteiger partial charge in [0, 0.05) is 10.9 Å². The average molecular weight is 438 g/mol. The molecular formula is C23H23N3O4S. The molecule has 31 heavy (non-hydrogen) atoms. The van der Waals surface area contributed by atoms with Crippen molar-refractivity contribution in [3.05, 3.63) is 52.9 Å². The van der Waals surface area contributed by atoms with Gasteiger partial charge in [0.2, 0.25) is 5.91 Å². The Kier molecular flexibility index (Phi) is 5.90. The summed E-state index contributed by atoms with van der Waals surface area (Å²) < 4.78 is 11.3. The lowest BCUT2D eigenvalue weighted by Crippen LogP contribution is -2.47. The highest BCUT2D eigenvalue weighted by atomic mass is 32.1. The minimum atomic E-state index is -0.677. The highest BCUT2D eigenvalue weighted by Crippen LogP contribution is 2.37. The Hall–Kier alpha value is -3.39. The molecule has 8 heteroatoms. The number of aromatic nitrogens is 1. The van der Waals surface area contributed by atoms with E-state index in [9.17, 15) is 9.59 Å². The first kappa shape index (κ1) is 20.9. The molecule has 0 bridgehead atoms. The minimum absolute atomic E-state index is 0.139. The largest absolute Gasteiger partial charge is 0.492 e. The van der Waals surface area contributed by atoms with E-state index >= 15 is 0 Å². The molecule has 1 unspecified atom stereocenters. The van der Waals surface area contributed by atoms with Crippen LogP contribution in [0.3, 0.4) is 0 Å². The maximum atomic E-state index is 12.9. The highest BCUT2D eigenvalue weighted by Gasteiger charge is 2.33. The molecule has 1 atom stereocenters. The van der Waals surface area contributed by atoms with E-state index in [0.717, 1.165) is 16.3 Å². The topological polar surface area (TPSA) is 80.8 Å². The number of nitrogens with zero attached hydrogens (tertiary/aromatic N) is 2. The lowest BCUT2D eigenvalue weighted by molar-refractivity contribution is -0.127. The number of rotatable bonds is 6. The number of carbonyl (C=O) groups excluding carboxylic acids is 2. The Labute approximate surface area is 184 Å². The van der Waals surface area contributed by atoms with Crippen LogP contribution in [0.15, 0.2) is 47.8 Å². The van der Waals surface area contributed by atoms with Crippen molar-refractivity contribution in [3.8, 4) is 22.8 Å². The van der Waals surface area contributed by atoms with Crippen LogP contribution in [-0.2, 0) is 9.59 Å². The fourth-order valence-corrected chi connectivity index (χ4v) is 4.03. The maximum Gasteiger partial charge on any atom is 0.268 e. The zero-order chi connectivity index (χ0) is 22.0. The number of hydrogen-bond acceptors (Lipinski definition) is 6. The molecule has 2 aromatic carbocycles. The van der Waals surface area contributed by atoms with Crippen molar-refractivity contribution in [3.63, 3.8) is 0 Å². The molecule has 160 valence electrons. The van der Waals surface area contributed by atoms with Crippen molar-refractivity contribution in [2.45, 2.75) is 26.9 Å². The monoisotopic (exact) mass is 437 g/mol. The van der Waals surface area contributed by atoms with Gasteiger partial charge in [0.25, 0.3) is 5.91 Å². The van der Waals surface area contributed by atoms with Gasteiger partial charge in [-0.05, 0) is 51.1 Å². The van der Waals surface area contributed by atoms with Gasteiger partial charge in [0.05, 0.1) is 28.7 Å². The Balaban J connectivity index is 1.61. The summed E-state index contributed by atoms with van der Waals surface area (Å²) in [5.74, 6) is 0.551. The van der Waals surface area contributed by atoms with E-state index in [1.54, 1.807) is 30.4 Å². The zero-order valence-electron chi connectivity index (χ0n) is 17.5. The lowest BCUT2D eigenvalue weighted by Gasteiger charge is -2.33. The maximum absolute atomic E-state index is 12.9. The van der Waals surface area contributed by atoms with Crippen molar-refractivity contribution in [1.82, 2.24) is 4.98 Å². The number of anilines is 2. The molecule has 2 heterocycles. The molecule has 1 aliphatic heterocycles. The van der Waals surface area contributed by atoms with Crippen LogP contribution < -0.4 is 19.7 Å². The first-order chi connectivity index (χ1) is 15.0. The molecule has 0 saturated heterocycles. The van der Waals surface area contributed by atoms with Crippen LogP contribution >= 0.6 is 11.3 Å². The Morgan fingerprint density at radius 3 is 2.84 bits per heavy atom. The third kappa shape index (κ3) is 4.39. The van der Waals surface area contributed by atoms with Crippen molar-refractivity contribution < 1.29 is 19.1 Å². The Morgan fingerprint density at radius 1 is 1.29 bits per heavy atom. The molecule has 1 aliphatic rings. The highest BCUT2D eigenvalue weighted by molar-refractivity contribution is 7.09. The molecule has 2 amide bonds. The second kappa shape index (κ2) is 8.77. The first-order valence-electron chi connectivity index (χ1n) is 10.0.